The third-order valence-corrected chi connectivity index (χ3v) is 4.22. The number of nitrogens with zero attached hydrogens (tertiary/aromatic N) is 1. The van der Waals surface area contributed by atoms with Gasteiger partial charge in [0.2, 0.25) is 0 Å². The summed E-state index contributed by atoms with van der Waals surface area (Å²) >= 11 is 0. The molecule has 3 aliphatic rings. The first kappa shape index (κ1) is 12.0. The van der Waals surface area contributed by atoms with Gasteiger partial charge in [-0.1, -0.05) is 0 Å². The van der Waals surface area contributed by atoms with E-state index in [4.69, 9.17) is 0 Å². The van der Waals surface area contributed by atoms with Crippen molar-refractivity contribution < 1.29 is 13.9 Å². The molecule has 0 aromatic rings. The minimum Gasteiger partial charge on any atom is -0.394 e. The lowest BCUT2D eigenvalue weighted by Crippen LogP contribution is -2.41. The minimum atomic E-state index is -1.83. The van der Waals surface area contributed by atoms with E-state index in [1.165, 1.54) is 45.2 Å². The molecule has 0 aromatic carbocycles. The largest absolute Gasteiger partial charge is 0.394 e. The smallest absolute Gasteiger partial charge is 0.263 e. The molecule has 0 aromatic heterocycles. The van der Waals surface area contributed by atoms with Crippen molar-refractivity contribution in [1.29, 1.82) is 0 Å². The number of halogens is 2. The van der Waals surface area contributed by atoms with Crippen molar-refractivity contribution >= 4 is 0 Å². The Morgan fingerprint density at radius 1 is 1.31 bits per heavy atom. The van der Waals surface area contributed by atoms with Crippen LogP contribution in [0, 0.1) is 5.41 Å². The van der Waals surface area contributed by atoms with E-state index >= 15 is 0 Å². The third kappa shape index (κ3) is 2.13. The molecule has 1 aliphatic carbocycles. The highest BCUT2D eigenvalue weighted by atomic mass is 19.3. The lowest BCUT2D eigenvalue weighted by atomic mass is 9.89. The summed E-state index contributed by atoms with van der Waals surface area (Å²) in [5.41, 5.74) is 0.902. The first-order valence-electron chi connectivity index (χ1n) is 5.88. The number of fused-ring (bicyclic) bond motifs is 1. The molecule has 1 atom stereocenters. The molecule has 2 saturated heterocycles. The molecule has 1 unspecified atom stereocenters. The van der Waals surface area contributed by atoms with Crippen LogP contribution in [-0.2, 0) is 0 Å². The van der Waals surface area contributed by atoms with Crippen LogP contribution in [0.15, 0.2) is 12.7 Å². The highest BCUT2D eigenvalue weighted by Gasteiger charge is 2.59. The van der Waals surface area contributed by atoms with Gasteiger partial charge in [-0.15, -0.1) is 0 Å². The van der Waals surface area contributed by atoms with Gasteiger partial charge >= 0.3 is 0 Å². The molecule has 2 heterocycles. The van der Waals surface area contributed by atoms with Crippen LogP contribution in [0.25, 0.3) is 0 Å². The predicted molar refractivity (Wildman–Crippen MR) is 58.3 cm³/mol. The van der Waals surface area contributed by atoms with E-state index in [9.17, 15) is 13.9 Å². The fourth-order valence-corrected chi connectivity index (χ4v) is 3.35. The SMILES string of the molecule is C=C(F)F.OCC12CCCN1CC1(CC1)C2. The van der Waals surface area contributed by atoms with Crippen LogP contribution in [0.2, 0.25) is 0 Å². The maximum Gasteiger partial charge on any atom is 0.263 e. The number of hydrogen-bond donors (Lipinski definition) is 1. The van der Waals surface area contributed by atoms with Gasteiger partial charge in [-0.05, 0) is 50.6 Å². The first-order chi connectivity index (χ1) is 7.52. The van der Waals surface area contributed by atoms with Crippen molar-refractivity contribution in [2.24, 2.45) is 5.41 Å². The van der Waals surface area contributed by atoms with Gasteiger partial charge in [-0.3, -0.25) is 4.90 Å². The van der Waals surface area contributed by atoms with Crippen LogP contribution < -0.4 is 0 Å². The molecule has 2 aliphatic heterocycles. The zero-order valence-corrected chi connectivity index (χ0v) is 9.51. The molecule has 1 N–H and O–H groups in total. The van der Waals surface area contributed by atoms with Crippen molar-refractivity contribution in [2.75, 3.05) is 19.7 Å². The summed E-state index contributed by atoms with van der Waals surface area (Å²) in [6.45, 7) is 5.14. The number of aliphatic hydroxyl groups excluding tert-OH is 1. The average molecular weight is 231 g/mol. The molecule has 0 amide bonds. The monoisotopic (exact) mass is 231 g/mol. The molecule has 92 valence electrons. The Balaban J connectivity index is 0.000000212. The molecule has 3 rings (SSSR count). The highest BCUT2D eigenvalue weighted by Crippen LogP contribution is 2.60. The van der Waals surface area contributed by atoms with Crippen LogP contribution in [0.1, 0.15) is 32.1 Å². The second-order valence-electron chi connectivity index (χ2n) is 5.42. The molecular formula is C12H19F2NO. The number of rotatable bonds is 1. The Morgan fingerprint density at radius 3 is 2.38 bits per heavy atom. The molecule has 3 fully saturated rings. The zero-order chi connectivity index (χ0) is 11.8. The van der Waals surface area contributed by atoms with Gasteiger partial charge in [0.1, 0.15) is 0 Å². The van der Waals surface area contributed by atoms with Crippen LogP contribution in [0.5, 0.6) is 0 Å². The summed E-state index contributed by atoms with van der Waals surface area (Å²) in [5, 5.41) is 9.45. The van der Waals surface area contributed by atoms with E-state index in [2.05, 4.69) is 11.5 Å². The van der Waals surface area contributed by atoms with Crippen LogP contribution >= 0.6 is 0 Å². The van der Waals surface area contributed by atoms with E-state index in [1.54, 1.807) is 0 Å². The number of hydrogen-bond acceptors (Lipinski definition) is 2. The maximum absolute atomic E-state index is 10.1. The van der Waals surface area contributed by atoms with Gasteiger partial charge in [0.15, 0.2) is 0 Å². The van der Waals surface area contributed by atoms with E-state index in [0.717, 1.165) is 0 Å². The summed E-state index contributed by atoms with van der Waals surface area (Å²) in [4.78, 5) is 2.56. The van der Waals surface area contributed by atoms with Gasteiger partial charge in [0, 0.05) is 12.1 Å². The first-order valence-corrected chi connectivity index (χ1v) is 5.88. The summed E-state index contributed by atoms with van der Waals surface area (Å²) in [5.74, 6) is 0. The van der Waals surface area contributed by atoms with Crippen LogP contribution in [-0.4, -0.2) is 35.2 Å². The Kier molecular flexibility index (Phi) is 3.05. The summed E-state index contributed by atoms with van der Waals surface area (Å²) in [6, 6.07) is 0. The maximum atomic E-state index is 10.1. The van der Waals surface area contributed by atoms with Crippen LogP contribution in [0.3, 0.4) is 0 Å². The third-order valence-electron chi connectivity index (χ3n) is 4.22. The van der Waals surface area contributed by atoms with Gasteiger partial charge in [0.05, 0.1) is 6.61 Å². The van der Waals surface area contributed by atoms with Crippen molar-refractivity contribution in [1.82, 2.24) is 4.90 Å². The van der Waals surface area contributed by atoms with E-state index in [1.807, 2.05) is 0 Å². The van der Waals surface area contributed by atoms with Crippen LogP contribution in [0.4, 0.5) is 8.78 Å². The average Bonchev–Trinajstić information content (AvgIpc) is 2.67. The molecule has 0 bridgehead atoms. The summed E-state index contributed by atoms with van der Waals surface area (Å²) < 4.78 is 20.3. The molecule has 16 heavy (non-hydrogen) atoms. The molecular weight excluding hydrogens is 212 g/mol. The van der Waals surface area contributed by atoms with Crippen molar-refractivity contribution in [2.45, 2.75) is 37.6 Å². The van der Waals surface area contributed by atoms with E-state index in [-0.39, 0.29) is 5.54 Å². The van der Waals surface area contributed by atoms with Gasteiger partial charge in [-0.2, -0.15) is 8.78 Å². The van der Waals surface area contributed by atoms with Gasteiger partial charge in [0.25, 0.3) is 6.08 Å². The standard InChI is InChI=1S/C10H17NO.C2H2F2/c12-8-10-2-1-5-11(10)7-9(6-10)3-4-9;1-2(3)4/h12H,1-8H2;1H2. The minimum absolute atomic E-state index is 0.233. The molecule has 1 saturated carbocycles. The molecule has 4 heteroatoms. The Morgan fingerprint density at radius 2 is 1.94 bits per heavy atom. The zero-order valence-electron chi connectivity index (χ0n) is 9.51. The number of aliphatic hydroxyl groups is 1. The Hall–Kier alpha value is -0.480. The summed E-state index contributed by atoms with van der Waals surface area (Å²) in [7, 11) is 0. The Labute approximate surface area is 94.9 Å². The quantitative estimate of drug-likeness (QED) is 0.749. The molecule has 0 radical (unpaired) electrons. The van der Waals surface area contributed by atoms with E-state index in [0.29, 0.717) is 12.0 Å². The van der Waals surface area contributed by atoms with Gasteiger partial charge < -0.3 is 5.11 Å². The van der Waals surface area contributed by atoms with E-state index < -0.39 is 6.08 Å². The molecule has 1 spiro atoms. The second kappa shape index (κ2) is 4.08. The lowest BCUT2D eigenvalue weighted by molar-refractivity contribution is 0.0997. The van der Waals surface area contributed by atoms with Crippen molar-refractivity contribution in [3.05, 3.63) is 12.7 Å². The topological polar surface area (TPSA) is 23.5 Å². The highest BCUT2D eigenvalue weighted by molar-refractivity contribution is 5.13. The molecule has 2 nitrogen and oxygen atoms in total. The van der Waals surface area contributed by atoms with Crippen molar-refractivity contribution in [3.63, 3.8) is 0 Å². The predicted octanol–water partition coefficient (Wildman–Crippen LogP) is 2.39. The lowest BCUT2D eigenvalue weighted by Gasteiger charge is -2.29. The second-order valence-corrected chi connectivity index (χ2v) is 5.42. The summed E-state index contributed by atoms with van der Waals surface area (Å²) in [6.07, 6.45) is 4.84. The normalized spacial score (nSPS) is 34.4. The van der Waals surface area contributed by atoms with Crippen molar-refractivity contribution in [3.8, 4) is 0 Å². The Bertz CT molecular complexity index is 287. The fourth-order valence-electron chi connectivity index (χ4n) is 3.35. The fraction of sp³-hybridized carbons (Fsp3) is 0.833. The van der Waals surface area contributed by atoms with Gasteiger partial charge in [-0.25, -0.2) is 0 Å².